The van der Waals surface area contributed by atoms with Gasteiger partial charge in [-0.05, 0) is 37.0 Å². The highest BCUT2D eigenvalue weighted by Crippen LogP contribution is 2.29. The molecule has 3 nitrogen and oxygen atoms in total. The van der Waals surface area contributed by atoms with E-state index in [2.05, 4.69) is 29.2 Å². The van der Waals surface area contributed by atoms with Gasteiger partial charge in [0.1, 0.15) is 12.1 Å². The quantitative estimate of drug-likeness (QED) is 0.797. The third-order valence-corrected chi connectivity index (χ3v) is 4.75. The summed E-state index contributed by atoms with van der Waals surface area (Å²) in [5.74, 6) is 0.694. The van der Waals surface area contributed by atoms with E-state index in [0.29, 0.717) is 5.92 Å². The number of piperidine rings is 1. The molecule has 1 aliphatic heterocycles. The molecule has 1 heterocycles. The van der Waals surface area contributed by atoms with Crippen molar-refractivity contribution in [1.29, 1.82) is 10.5 Å². The molecule has 4 heteroatoms. The Labute approximate surface area is 130 Å². The van der Waals surface area contributed by atoms with Gasteiger partial charge < -0.3 is 4.90 Å². The lowest BCUT2D eigenvalue weighted by Gasteiger charge is -2.34. The second-order valence-electron chi connectivity index (χ2n) is 5.23. The first-order valence-electron chi connectivity index (χ1n) is 7.15. The molecule has 0 N–H and O–H groups in total. The van der Waals surface area contributed by atoms with E-state index in [9.17, 15) is 0 Å². The molecule has 1 aromatic rings. The molecule has 0 unspecified atom stereocenters. The second-order valence-corrected chi connectivity index (χ2v) is 6.02. The van der Waals surface area contributed by atoms with Crippen molar-refractivity contribution in [2.45, 2.75) is 19.3 Å². The first-order valence-corrected chi connectivity index (χ1v) is 8.38. The topological polar surface area (TPSA) is 50.8 Å². The van der Waals surface area contributed by atoms with Crippen LogP contribution in [0.5, 0.6) is 0 Å². The van der Waals surface area contributed by atoms with Crippen molar-refractivity contribution in [3.63, 3.8) is 0 Å². The first kappa shape index (κ1) is 15.5. The molecule has 0 amide bonds. The molecule has 1 aromatic carbocycles. The third-order valence-electron chi connectivity index (χ3n) is 3.90. The van der Waals surface area contributed by atoms with Crippen LogP contribution in [0.1, 0.15) is 18.4 Å². The van der Waals surface area contributed by atoms with Gasteiger partial charge in [-0.15, -0.1) is 11.8 Å². The number of rotatable bonds is 4. The number of thioether (sulfide) groups is 1. The maximum absolute atomic E-state index is 9.03. The maximum Gasteiger partial charge on any atom is 0.159 e. The lowest BCUT2D eigenvalue weighted by molar-refractivity contribution is 0.237. The minimum atomic E-state index is 0.240. The summed E-state index contributed by atoms with van der Waals surface area (Å²) in [7, 11) is 0. The summed E-state index contributed by atoms with van der Waals surface area (Å²) in [5.41, 5.74) is 1.63. The van der Waals surface area contributed by atoms with E-state index in [1.54, 1.807) is 0 Å². The molecular weight excluding hydrogens is 278 g/mol. The number of likely N-dealkylation sites (tertiary alicyclic amines) is 1. The highest BCUT2D eigenvalue weighted by Gasteiger charge is 2.22. The van der Waals surface area contributed by atoms with Gasteiger partial charge in [-0.2, -0.15) is 10.5 Å². The molecule has 2 rings (SSSR count). The molecule has 0 aromatic heterocycles. The van der Waals surface area contributed by atoms with Gasteiger partial charge in [0, 0.05) is 13.1 Å². The molecule has 0 spiro atoms. The maximum atomic E-state index is 9.03. The van der Waals surface area contributed by atoms with Gasteiger partial charge in [0.15, 0.2) is 5.57 Å². The zero-order chi connectivity index (χ0) is 15.1. The number of hydrogen-bond donors (Lipinski definition) is 0. The molecule has 1 aliphatic rings. The molecule has 21 heavy (non-hydrogen) atoms. The van der Waals surface area contributed by atoms with Gasteiger partial charge in [0.25, 0.3) is 0 Å². The van der Waals surface area contributed by atoms with Crippen LogP contribution < -0.4 is 0 Å². The number of hydrogen-bond acceptors (Lipinski definition) is 4. The Balaban J connectivity index is 1.96. The Kier molecular flexibility index (Phi) is 5.72. The van der Waals surface area contributed by atoms with Crippen molar-refractivity contribution in [3.8, 4) is 12.1 Å². The second kappa shape index (κ2) is 7.76. The number of nitriles is 2. The van der Waals surface area contributed by atoms with Gasteiger partial charge in [-0.3, -0.25) is 0 Å². The van der Waals surface area contributed by atoms with Crippen LogP contribution in [0, 0.1) is 28.6 Å². The number of allylic oxidation sites excluding steroid dienone is 1. The number of benzene rings is 1. The normalized spacial score (nSPS) is 15.1. The SMILES string of the molecule is CSC(=C(C#N)C#N)N1CCC(Cc2ccccc2)CC1. The van der Waals surface area contributed by atoms with Crippen molar-refractivity contribution in [1.82, 2.24) is 4.90 Å². The van der Waals surface area contributed by atoms with Crippen LogP contribution in [0.15, 0.2) is 40.9 Å². The Bertz CT molecular complexity index is 556. The van der Waals surface area contributed by atoms with Crippen LogP contribution >= 0.6 is 11.8 Å². The van der Waals surface area contributed by atoms with Crippen LogP contribution in [-0.2, 0) is 6.42 Å². The Hall–Kier alpha value is -1.91. The van der Waals surface area contributed by atoms with Crippen LogP contribution in [0.2, 0.25) is 0 Å². The largest absolute Gasteiger partial charge is 0.365 e. The zero-order valence-corrected chi connectivity index (χ0v) is 13.1. The van der Waals surface area contributed by atoms with E-state index in [1.807, 2.05) is 24.5 Å². The van der Waals surface area contributed by atoms with E-state index in [-0.39, 0.29) is 5.57 Å². The van der Waals surface area contributed by atoms with Crippen molar-refractivity contribution in [2.75, 3.05) is 19.3 Å². The molecule has 1 saturated heterocycles. The van der Waals surface area contributed by atoms with Crippen LogP contribution in [0.25, 0.3) is 0 Å². The molecule has 1 fully saturated rings. The van der Waals surface area contributed by atoms with Gasteiger partial charge in [-0.1, -0.05) is 30.3 Å². The van der Waals surface area contributed by atoms with E-state index in [4.69, 9.17) is 10.5 Å². The minimum absolute atomic E-state index is 0.240. The van der Waals surface area contributed by atoms with E-state index < -0.39 is 0 Å². The Morgan fingerprint density at radius 3 is 2.33 bits per heavy atom. The fraction of sp³-hybridized carbons (Fsp3) is 0.412. The lowest BCUT2D eigenvalue weighted by atomic mass is 9.90. The smallest absolute Gasteiger partial charge is 0.159 e. The van der Waals surface area contributed by atoms with Crippen molar-refractivity contribution < 1.29 is 0 Å². The first-order chi connectivity index (χ1) is 10.3. The summed E-state index contributed by atoms with van der Waals surface area (Å²) in [6, 6.07) is 14.6. The average Bonchev–Trinajstić information content (AvgIpc) is 2.54. The standard InChI is InChI=1S/C17H19N3S/c1-21-17(16(12-18)13-19)20-9-7-15(8-10-20)11-14-5-3-2-4-6-14/h2-6,15H,7-11H2,1H3. The molecule has 0 bridgehead atoms. The lowest BCUT2D eigenvalue weighted by Crippen LogP contribution is -2.33. The monoisotopic (exact) mass is 297 g/mol. The van der Waals surface area contributed by atoms with E-state index >= 15 is 0 Å². The zero-order valence-electron chi connectivity index (χ0n) is 12.2. The summed E-state index contributed by atoms with van der Waals surface area (Å²) in [6.45, 7) is 1.86. The predicted octanol–water partition coefficient (Wildman–Crippen LogP) is 3.56. The summed E-state index contributed by atoms with van der Waals surface area (Å²) < 4.78 is 0. The van der Waals surface area contributed by atoms with Crippen molar-refractivity contribution in [2.24, 2.45) is 5.92 Å². The fourth-order valence-corrected chi connectivity index (χ4v) is 3.53. The molecule has 0 saturated carbocycles. The molecule has 0 aliphatic carbocycles. The van der Waals surface area contributed by atoms with Gasteiger partial charge >= 0.3 is 0 Å². The molecular formula is C17H19N3S. The predicted molar refractivity (Wildman–Crippen MR) is 86.2 cm³/mol. The van der Waals surface area contributed by atoms with Crippen LogP contribution in [0.4, 0.5) is 0 Å². The third kappa shape index (κ3) is 4.03. The fourth-order valence-electron chi connectivity index (χ4n) is 2.80. The minimum Gasteiger partial charge on any atom is -0.365 e. The van der Waals surface area contributed by atoms with Gasteiger partial charge in [0.2, 0.25) is 0 Å². The summed E-state index contributed by atoms with van der Waals surface area (Å²) >= 11 is 1.50. The van der Waals surface area contributed by atoms with Gasteiger partial charge in [0.05, 0.1) is 5.03 Å². The number of nitrogens with zero attached hydrogens (tertiary/aromatic N) is 3. The highest BCUT2D eigenvalue weighted by atomic mass is 32.2. The molecule has 0 radical (unpaired) electrons. The Morgan fingerprint density at radius 2 is 1.81 bits per heavy atom. The Morgan fingerprint density at radius 1 is 1.19 bits per heavy atom. The van der Waals surface area contributed by atoms with Crippen molar-refractivity contribution >= 4 is 11.8 Å². The van der Waals surface area contributed by atoms with Crippen LogP contribution in [-0.4, -0.2) is 24.2 Å². The summed E-state index contributed by atoms with van der Waals surface area (Å²) in [6.07, 6.45) is 5.28. The molecule has 108 valence electrons. The van der Waals surface area contributed by atoms with Gasteiger partial charge in [-0.25, -0.2) is 0 Å². The van der Waals surface area contributed by atoms with E-state index in [0.717, 1.165) is 37.4 Å². The highest BCUT2D eigenvalue weighted by molar-refractivity contribution is 8.02. The summed E-state index contributed by atoms with van der Waals surface area (Å²) in [5, 5.41) is 18.9. The van der Waals surface area contributed by atoms with Crippen LogP contribution in [0.3, 0.4) is 0 Å². The van der Waals surface area contributed by atoms with E-state index in [1.165, 1.54) is 17.3 Å². The average molecular weight is 297 g/mol. The molecule has 0 atom stereocenters. The summed E-state index contributed by atoms with van der Waals surface area (Å²) in [4.78, 5) is 2.19. The van der Waals surface area contributed by atoms with Crippen molar-refractivity contribution in [3.05, 3.63) is 46.5 Å².